The first-order valence-corrected chi connectivity index (χ1v) is 6.35. The lowest BCUT2D eigenvalue weighted by molar-refractivity contribution is 0.0695. The number of rotatable bonds is 4. The molecule has 0 aromatic heterocycles. The van der Waals surface area contributed by atoms with Gasteiger partial charge in [-0.2, -0.15) is 0 Å². The molecule has 0 bridgehead atoms. The van der Waals surface area contributed by atoms with Gasteiger partial charge in [0.2, 0.25) is 0 Å². The molecule has 5 heteroatoms. The molecule has 1 aliphatic heterocycles. The second-order valence-electron chi connectivity index (χ2n) is 4.80. The van der Waals surface area contributed by atoms with Crippen molar-refractivity contribution in [3.63, 3.8) is 0 Å². The summed E-state index contributed by atoms with van der Waals surface area (Å²) in [4.78, 5) is 24.7. The zero-order valence-electron chi connectivity index (χ0n) is 10.6. The summed E-state index contributed by atoms with van der Waals surface area (Å²) in [6, 6.07) is 5.98. The molecule has 0 spiro atoms. The van der Waals surface area contributed by atoms with Crippen molar-refractivity contribution in [1.82, 2.24) is 4.90 Å². The second-order valence-corrected chi connectivity index (χ2v) is 4.80. The van der Waals surface area contributed by atoms with Crippen LogP contribution in [0, 0.1) is 5.92 Å². The minimum absolute atomic E-state index is 0.0719. The van der Waals surface area contributed by atoms with Crippen molar-refractivity contribution in [2.75, 3.05) is 19.7 Å². The molecule has 1 amide bonds. The summed E-state index contributed by atoms with van der Waals surface area (Å²) in [5, 5.41) is 17.7. The van der Waals surface area contributed by atoms with Gasteiger partial charge < -0.3 is 15.1 Å². The molecule has 1 aromatic carbocycles. The first kappa shape index (κ1) is 13.5. The number of aliphatic hydroxyl groups excluding tert-OH is 1. The number of hydrogen-bond acceptors (Lipinski definition) is 3. The molecule has 0 aliphatic carbocycles. The number of carboxylic acids is 1. The molecule has 102 valence electrons. The zero-order chi connectivity index (χ0) is 13.8. The van der Waals surface area contributed by atoms with E-state index in [-0.39, 0.29) is 18.1 Å². The number of carboxylic acid groups (broad SMARTS) is 1. The molecule has 2 rings (SSSR count). The summed E-state index contributed by atoms with van der Waals surface area (Å²) in [6.45, 7) is 1.52. The van der Waals surface area contributed by atoms with Crippen LogP contribution in [-0.4, -0.2) is 46.7 Å². The fourth-order valence-electron chi connectivity index (χ4n) is 2.37. The van der Waals surface area contributed by atoms with E-state index in [1.807, 2.05) is 0 Å². The van der Waals surface area contributed by atoms with E-state index in [0.29, 0.717) is 24.6 Å². The van der Waals surface area contributed by atoms with Crippen LogP contribution < -0.4 is 0 Å². The monoisotopic (exact) mass is 263 g/mol. The maximum atomic E-state index is 12.2. The van der Waals surface area contributed by atoms with Gasteiger partial charge in [0.25, 0.3) is 5.91 Å². The fourth-order valence-corrected chi connectivity index (χ4v) is 2.37. The average Bonchev–Trinajstić information content (AvgIpc) is 2.87. The molecule has 2 N–H and O–H groups in total. The molecule has 1 atom stereocenters. The van der Waals surface area contributed by atoms with Gasteiger partial charge in [0, 0.05) is 25.3 Å². The minimum Gasteiger partial charge on any atom is -0.478 e. The summed E-state index contributed by atoms with van der Waals surface area (Å²) in [5.74, 6) is -0.701. The van der Waals surface area contributed by atoms with E-state index in [4.69, 9.17) is 10.2 Å². The number of nitrogens with zero attached hydrogens (tertiary/aromatic N) is 1. The lowest BCUT2D eigenvalue weighted by Crippen LogP contribution is -2.28. The molecule has 1 aliphatic rings. The third kappa shape index (κ3) is 3.12. The fraction of sp³-hybridized carbons (Fsp3) is 0.429. The molecule has 1 saturated heterocycles. The highest BCUT2D eigenvalue weighted by Gasteiger charge is 2.26. The molecular weight excluding hydrogens is 246 g/mol. The second kappa shape index (κ2) is 5.84. The van der Waals surface area contributed by atoms with Crippen molar-refractivity contribution in [3.05, 3.63) is 35.4 Å². The van der Waals surface area contributed by atoms with E-state index in [0.717, 1.165) is 12.8 Å². The molecule has 5 nitrogen and oxygen atoms in total. The van der Waals surface area contributed by atoms with Crippen LogP contribution in [0.15, 0.2) is 24.3 Å². The Morgan fingerprint density at radius 3 is 2.42 bits per heavy atom. The normalized spacial score (nSPS) is 18.6. The van der Waals surface area contributed by atoms with Gasteiger partial charge in [0.05, 0.1) is 5.56 Å². The molecule has 1 aromatic rings. The van der Waals surface area contributed by atoms with Crippen LogP contribution in [0.25, 0.3) is 0 Å². The van der Waals surface area contributed by atoms with Gasteiger partial charge in [-0.3, -0.25) is 4.79 Å². The Hall–Kier alpha value is -1.88. The molecule has 19 heavy (non-hydrogen) atoms. The first-order valence-electron chi connectivity index (χ1n) is 6.35. The van der Waals surface area contributed by atoms with Crippen molar-refractivity contribution in [3.8, 4) is 0 Å². The predicted molar refractivity (Wildman–Crippen MR) is 69.1 cm³/mol. The maximum Gasteiger partial charge on any atom is 0.335 e. The number of aromatic carboxylic acids is 1. The van der Waals surface area contributed by atoms with Gasteiger partial charge in [0.15, 0.2) is 0 Å². The Kier molecular flexibility index (Phi) is 4.16. The van der Waals surface area contributed by atoms with Gasteiger partial charge in [-0.1, -0.05) is 0 Å². The zero-order valence-corrected chi connectivity index (χ0v) is 10.6. The van der Waals surface area contributed by atoms with Crippen LogP contribution in [-0.2, 0) is 0 Å². The van der Waals surface area contributed by atoms with E-state index in [1.54, 1.807) is 17.0 Å². The van der Waals surface area contributed by atoms with Crippen LogP contribution in [0.4, 0.5) is 0 Å². The SMILES string of the molecule is O=C(O)c1ccc(C(=O)N2CCC(CCO)C2)cc1. The van der Waals surface area contributed by atoms with E-state index < -0.39 is 5.97 Å². The van der Waals surface area contributed by atoms with Crippen molar-refractivity contribution in [2.45, 2.75) is 12.8 Å². The average molecular weight is 263 g/mol. The molecule has 0 radical (unpaired) electrons. The summed E-state index contributed by atoms with van der Waals surface area (Å²) in [5.41, 5.74) is 0.686. The topological polar surface area (TPSA) is 77.8 Å². The van der Waals surface area contributed by atoms with E-state index >= 15 is 0 Å². The van der Waals surface area contributed by atoms with Crippen molar-refractivity contribution in [2.24, 2.45) is 5.92 Å². The van der Waals surface area contributed by atoms with Crippen molar-refractivity contribution in [1.29, 1.82) is 0 Å². The molecule has 1 heterocycles. The quantitative estimate of drug-likeness (QED) is 0.856. The number of hydrogen-bond donors (Lipinski definition) is 2. The van der Waals surface area contributed by atoms with Gasteiger partial charge in [0.1, 0.15) is 0 Å². The number of likely N-dealkylation sites (tertiary alicyclic amines) is 1. The van der Waals surface area contributed by atoms with Crippen LogP contribution in [0.1, 0.15) is 33.6 Å². The highest BCUT2D eigenvalue weighted by atomic mass is 16.4. The molecule has 0 saturated carbocycles. The molecule has 1 unspecified atom stereocenters. The number of amides is 1. The van der Waals surface area contributed by atoms with Crippen molar-refractivity contribution < 1.29 is 19.8 Å². The largest absolute Gasteiger partial charge is 0.478 e. The standard InChI is InChI=1S/C14H17NO4/c16-8-6-10-5-7-15(9-10)13(17)11-1-3-12(4-2-11)14(18)19/h1-4,10,16H,5-9H2,(H,18,19). The summed E-state index contributed by atoms with van der Waals surface area (Å²) in [6.07, 6.45) is 1.64. The predicted octanol–water partition coefficient (Wildman–Crippen LogP) is 1.23. The Morgan fingerprint density at radius 1 is 1.21 bits per heavy atom. The van der Waals surface area contributed by atoms with Gasteiger partial charge in [-0.25, -0.2) is 4.79 Å². The van der Waals surface area contributed by atoms with Gasteiger partial charge in [-0.05, 0) is 43.0 Å². The number of aliphatic hydroxyl groups is 1. The Balaban J connectivity index is 2.02. The first-order chi connectivity index (χ1) is 9.11. The lowest BCUT2D eigenvalue weighted by Gasteiger charge is -2.16. The Labute approximate surface area is 111 Å². The maximum absolute atomic E-state index is 12.2. The number of benzene rings is 1. The highest BCUT2D eigenvalue weighted by molar-refractivity contribution is 5.96. The third-order valence-electron chi connectivity index (χ3n) is 3.49. The van der Waals surface area contributed by atoms with Crippen LogP contribution in [0.5, 0.6) is 0 Å². The van der Waals surface area contributed by atoms with Crippen LogP contribution in [0.2, 0.25) is 0 Å². The minimum atomic E-state index is -0.997. The highest BCUT2D eigenvalue weighted by Crippen LogP contribution is 2.21. The third-order valence-corrected chi connectivity index (χ3v) is 3.49. The van der Waals surface area contributed by atoms with Crippen LogP contribution >= 0.6 is 0 Å². The van der Waals surface area contributed by atoms with Gasteiger partial charge in [-0.15, -0.1) is 0 Å². The van der Waals surface area contributed by atoms with Crippen LogP contribution in [0.3, 0.4) is 0 Å². The van der Waals surface area contributed by atoms with Crippen molar-refractivity contribution >= 4 is 11.9 Å². The number of carbonyl (C=O) groups is 2. The smallest absolute Gasteiger partial charge is 0.335 e. The summed E-state index contributed by atoms with van der Waals surface area (Å²) >= 11 is 0. The number of carbonyl (C=O) groups excluding carboxylic acids is 1. The molecule has 1 fully saturated rings. The van der Waals surface area contributed by atoms with Gasteiger partial charge >= 0.3 is 5.97 Å². The summed E-state index contributed by atoms with van der Waals surface area (Å²) < 4.78 is 0. The van der Waals surface area contributed by atoms with E-state index in [9.17, 15) is 9.59 Å². The van der Waals surface area contributed by atoms with E-state index in [2.05, 4.69) is 0 Å². The Bertz CT molecular complexity index is 469. The molecular formula is C14H17NO4. The van der Waals surface area contributed by atoms with E-state index in [1.165, 1.54) is 12.1 Å². The Morgan fingerprint density at radius 2 is 1.84 bits per heavy atom. The summed E-state index contributed by atoms with van der Waals surface area (Å²) in [7, 11) is 0. The lowest BCUT2D eigenvalue weighted by atomic mass is 10.1.